The van der Waals surface area contributed by atoms with E-state index in [1.807, 2.05) is 30.3 Å². The van der Waals surface area contributed by atoms with E-state index < -0.39 is 35.2 Å². The van der Waals surface area contributed by atoms with E-state index in [2.05, 4.69) is 5.32 Å². The van der Waals surface area contributed by atoms with Crippen LogP contribution in [0.5, 0.6) is 5.75 Å². The second-order valence-corrected chi connectivity index (χ2v) is 9.28. The van der Waals surface area contributed by atoms with Crippen LogP contribution in [0.25, 0.3) is 11.1 Å². The first-order valence-electron chi connectivity index (χ1n) is 12.6. The Balaban J connectivity index is 1.86. The Hall–Kier alpha value is -4.11. The van der Waals surface area contributed by atoms with Gasteiger partial charge in [-0.2, -0.15) is 0 Å². The highest BCUT2D eigenvalue weighted by atomic mass is 19.1. The van der Waals surface area contributed by atoms with E-state index >= 15 is 4.39 Å². The molecule has 9 heteroatoms. The van der Waals surface area contributed by atoms with Gasteiger partial charge in [0.25, 0.3) is 5.56 Å². The van der Waals surface area contributed by atoms with Gasteiger partial charge in [0.05, 0.1) is 19.2 Å². The first kappa shape index (κ1) is 27.9. The molecule has 1 N–H and O–H groups in total. The van der Waals surface area contributed by atoms with Gasteiger partial charge in [-0.15, -0.1) is 0 Å². The van der Waals surface area contributed by atoms with Gasteiger partial charge in [0.15, 0.2) is 11.6 Å². The summed E-state index contributed by atoms with van der Waals surface area (Å²) in [5, 5.41) is 3.14. The van der Waals surface area contributed by atoms with Crippen LogP contribution in [0.1, 0.15) is 23.2 Å². The summed E-state index contributed by atoms with van der Waals surface area (Å²) in [6.45, 7) is 0.959. The Morgan fingerprint density at radius 3 is 2.21 bits per heavy atom. The number of hydrogen-bond donors (Lipinski definition) is 1. The number of aryl methyl sites for hydroxylation is 1. The molecule has 39 heavy (non-hydrogen) atoms. The highest BCUT2D eigenvalue weighted by Gasteiger charge is 2.24. The molecule has 0 aliphatic rings. The molecule has 0 spiro atoms. The lowest BCUT2D eigenvalue weighted by atomic mass is 10.0. The van der Waals surface area contributed by atoms with Crippen LogP contribution < -0.4 is 21.3 Å². The molecule has 1 atom stereocenters. The van der Waals surface area contributed by atoms with Crippen molar-refractivity contribution >= 4 is 0 Å². The maximum atomic E-state index is 15.4. The van der Waals surface area contributed by atoms with Crippen molar-refractivity contribution in [1.82, 2.24) is 14.5 Å². The minimum atomic E-state index is -0.830. The fourth-order valence-electron chi connectivity index (χ4n) is 4.69. The largest absolute Gasteiger partial charge is 0.494 e. The molecule has 0 bridgehead atoms. The van der Waals surface area contributed by atoms with Crippen LogP contribution in [0, 0.1) is 24.4 Å². The fourth-order valence-corrected chi connectivity index (χ4v) is 4.69. The lowest BCUT2D eigenvalue weighted by Crippen LogP contribution is -2.46. The average Bonchev–Trinajstić information content (AvgIpc) is 2.93. The normalized spacial score (nSPS) is 11.9. The molecular weight excluding hydrogens is 507 g/mol. The van der Waals surface area contributed by atoms with Crippen molar-refractivity contribution < 1.29 is 17.9 Å². The molecule has 0 fully saturated rings. The third kappa shape index (κ3) is 5.83. The molecule has 1 heterocycles. The van der Waals surface area contributed by atoms with Crippen LogP contribution >= 0.6 is 0 Å². The lowest BCUT2D eigenvalue weighted by Gasteiger charge is -2.22. The number of halogens is 3. The Bertz CT molecular complexity index is 1560. The van der Waals surface area contributed by atoms with Gasteiger partial charge in [-0.3, -0.25) is 13.9 Å². The number of benzene rings is 3. The monoisotopic (exact) mass is 537 g/mol. The molecule has 4 rings (SSSR count). The zero-order valence-electron chi connectivity index (χ0n) is 22.0. The molecule has 204 valence electrons. The average molecular weight is 538 g/mol. The summed E-state index contributed by atoms with van der Waals surface area (Å²) in [5.41, 5.74) is -0.748. The van der Waals surface area contributed by atoms with Gasteiger partial charge in [0, 0.05) is 29.4 Å². The summed E-state index contributed by atoms with van der Waals surface area (Å²) in [5.74, 6) is -2.51. The molecule has 1 aromatic heterocycles. The van der Waals surface area contributed by atoms with Gasteiger partial charge in [-0.05, 0) is 50.6 Å². The predicted octanol–water partition coefficient (Wildman–Crippen LogP) is 4.68. The van der Waals surface area contributed by atoms with Crippen LogP contribution in [-0.4, -0.2) is 29.3 Å². The fraction of sp³-hybridized carbons (Fsp3) is 0.267. The van der Waals surface area contributed by atoms with E-state index in [-0.39, 0.29) is 40.7 Å². The second-order valence-electron chi connectivity index (χ2n) is 9.28. The van der Waals surface area contributed by atoms with Crippen molar-refractivity contribution in [1.29, 1.82) is 0 Å². The third-order valence-corrected chi connectivity index (χ3v) is 6.95. The zero-order valence-corrected chi connectivity index (χ0v) is 22.0. The molecule has 0 saturated heterocycles. The topological polar surface area (TPSA) is 65.3 Å². The van der Waals surface area contributed by atoms with Crippen LogP contribution in [0.3, 0.4) is 0 Å². The van der Waals surface area contributed by atoms with E-state index in [0.29, 0.717) is 12.8 Å². The summed E-state index contributed by atoms with van der Waals surface area (Å²) in [4.78, 5) is 27.5. The summed E-state index contributed by atoms with van der Waals surface area (Å²) < 4.78 is 51.8. The lowest BCUT2D eigenvalue weighted by molar-refractivity contribution is 0.387. The molecule has 0 saturated carbocycles. The third-order valence-electron chi connectivity index (χ3n) is 6.95. The Morgan fingerprint density at radius 1 is 0.897 bits per heavy atom. The van der Waals surface area contributed by atoms with Gasteiger partial charge in [0.1, 0.15) is 11.6 Å². The predicted molar refractivity (Wildman–Crippen MR) is 145 cm³/mol. The molecular formula is C30H30F3N3O3. The van der Waals surface area contributed by atoms with Gasteiger partial charge in [-0.1, -0.05) is 48.5 Å². The summed E-state index contributed by atoms with van der Waals surface area (Å²) >= 11 is 0. The molecule has 0 radical (unpaired) electrons. The number of nitrogens with zero attached hydrogens (tertiary/aromatic N) is 2. The minimum Gasteiger partial charge on any atom is -0.494 e. The van der Waals surface area contributed by atoms with Gasteiger partial charge < -0.3 is 10.1 Å². The van der Waals surface area contributed by atoms with Gasteiger partial charge in [-0.25, -0.2) is 18.0 Å². The summed E-state index contributed by atoms with van der Waals surface area (Å²) in [6.07, 6.45) is 1.30. The number of rotatable bonds is 10. The van der Waals surface area contributed by atoms with Crippen molar-refractivity contribution in [2.45, 2.75) is 38.9 Å². The summed E-state index contributed by atoms with van der Waals surface area (Å²) in [7, 11) is 3.03. The zero-order chi connectivity index (χ0) is 28.1. The maximum absolute atomic E-state index is 15.4. The molecule has 3 aromatic carbocycles. The van der Waals surface area contributed by atoms with Gasteiger partial charge in [0.2, 0.25) is 0 Å². The van der Waals surface area contributed by atoms with Crippen molar-refractivity contribution in [2.75, 3.05) is 14.2 Å². The molecule has 0 amide bonds. The highest BCUT2D eigenvalue weighted by Crippen LogP contribution is 2.29. The SMILES string of the molecule is CN[C@H](CCc1ccccc1)Cn1c(=O)c(-c2cccc(OC)c2F)c(C)n(Cc2c(F)cccc2F)c1=O. The van der Waals surface area contributed by atoms with E-state index in [4.69, 9.17) is 4.74 Å². The van der Waals surface area contributed by atoms with Crippen LogP contribution in [-0.2, 0) is 19.5 Å². The van der Waals surface area contributed by atoms with Crippen LogP contribution in [0.2, 0.25) is 0 Å². The van der Waals surface area contributed by atoms with E-state index in [9.17, 15) is 18.4 Å². The van der Waals surface area contributed by atoms with Crippen molar-refractivity contribution in [3.05, 3.63) is 122 Å². The Kier molecular flexibility index (Phi) is 8.71. The minimum absolute atomic E-state index is 0.0282. The first-order chi connectivity index (χ1) is 18.8. The second kappa shape index (κ2) is 12.2. The Morgan fingerprint density at radius 2 is 1.56 bits per heavy atom. The number of ether oxygens (including phenoxy) is 1. The highest BCUT2D eigenvalue weighted by molar-refractivity contribution is 5.67. The number of hydrogen-bond acceptors (Lipinski definition) is 4. The molecule has 0 unspecified atom stereocenters. The van der Waals surface area contributed by atoms with Crippen molar-refractivity contribution in [3.63, 3.8) is 0 Å². The van der Waals surface area contributed by atoms with Crippen molar-refractivity contribution in [2.24, 2.45) is 0 Å². The number of aromatic nitrogens is 2. The first-order valence-corrected chi connectivity index (χ1v) is 12.6. The van der Waals surface area contributed by atoms with E-state index in [1.165, 1.54) is 38.3 Å². The smallest absolute Gasteiger partial charge is 0.331 e. The summed E-state index contributed by atoms with van der Waals surface area (Å²) in [6, 6.07) is 17.3. The van der Waals surface area contributed by atoms with Crippen LogP contribution in [0.4, 0.5) is 13.2 Å². The number of methoxy groups -OCH3 is 1. The maximum Gasteiger partial charge on any atom is 0.331 e. The molecule has 0 aliphatic carbocycles. The quantitative estimate of drug-likeness (QED) is 0.319. The van der Waals surface area contributed by atoms with E-state index in [0.717, 1.165) is 26.8 Å². The molecule has 0 aliphatic heterocycles. The standard InChI is InChI=1S/C30H30F3N3O3/c1-19-27(22-11-7-14-26(39-3)28(22)33)29(37)36(17-21(34-2)16-15-20-9-5-4-6-10-20)30(38)35(19)18-23-24(31)12-8-13-25(23)32/h4-14,21,34H,15-18H2,1-3H3/t21-/m1/s1. The van der Waals surface area contributed by atoms with Gasteiger partial charge >= 0.3 is 5.69 Å². The van der Waals surface area contributed by atoms with Crippen LogP contribution in [0.15, 0.2) is 76.3 Å². The van der Waals surface area contributed by atoms with Crippen molar-refractivity contribution in [3.8, 4) is 16.9 Å². The number of nitrogens with one attached hydrogen (secondary N) is 1. The van der Waals surface area contributed by atoms with E-state index in [1.54, 1.807) is 7.05 Å². The Labute approximate surface area is 224 Å². The molecule has 6 nitrogen and oxygen atoms in total. The molecule has 4 aromatic rings. The number of likely N-dealkylation sites (N-methyl/N-ethyl adjacent to an activating group) is 1.